The van der Waals surface area contributed by atoms with Gasteiger partial charge in [0.15, 0.2) is 0 Å². The lowest BCUT2D eigenvalue weighted by molar-refractivity contribution is 0.227. The lowest BCUT2D eigenvalue weighted by Crippen LogP contribution is -2.28. The minimum absolute atomic E-state index is 0.693. The molecule has 0 bridgehead atoms. The first kappa shape index (κ1) is 14.9. The van der Waals surface area contributed by atoms with Crippen LogP contribution >= 0.6 is 0 Å². The topological polar surface area (TPSA) is 49.4 Å². The van der Waals surface area contributed by atoms with E-state index in [1.807, 2.05) is 36.7 Å². The van der Waals surface area contributed by atoms with Crippen molar-refractivity contribution in [2.24, 2.45) is 0 Å². The van der Waals surface area contributed by atoms with Crippen LogP contribution in [0.1, 0.15) is 31.7 Å². The fourth-order valence-electron chi connectivity index (χ4n) is 2.92. The van der Waals surface area contributed by atoms with Gasteiger partial charge in [0.25, 0.3) is 0 Å². The van der Waals surface area contributed by atoms with Gasteiger partial charge in [-0.1, -0.05) is 0 Å². The predicted octanol–water partition coefficient (Wildman–Crippen LogP) is 2.30. The molecule has 1 atom stereocenters. The first-order valence-corrected chi connectivity index (χ1v) is 8.04. The quantitative estimate of drug-likeness (QED) is 0.790. The molecule has 1 aromatic rings. The molecule has 1 aromatic heterocycles. The zero-order valence-electron chi connectivity index (χ0n) is 13.1. The molecule has 3 heterocycles. The molecule has 2 N–H and O–H groups in total. The van der Waals surface area contributed by atoms with Gasteiger partial charge in [0.05, 0.1) is 12.3 Å². The highest BCUT2D eigenvalue weighted by Crippen LogP contribution is 2.17. The first-order valence-electron chi connectivity index (χ1n) is 8.04. The van der Waals surface area contributed by atoms with Gasteiger partial charge in [-0.25, -0.2) is 4.98 Å². The lowest BCUT2D eigenvalue weighted by Gasteiger charge is -2.20. The Morgan fingerprint density at radius 1 is 1.41 bits per heavy atom. The molecule has 2 aliphatic heterocycles. The third-order valence-electron chi connectivity index (χ3n) is 4.23. The van der Waals surface area contributed by atoms with Gasteiger partial charge in [-0.3, -0.25) is 0 Å². The summed E-state index contributed by atoms with van der Waals surface area (Å²) in [4.78, 5) is 6.91. The van der Waals surface area contributed by atoms with Crippen LogP contribution < -0.4 is 15.6 Å². The molecule has 0 amide bonds. The number of pyridine rings is 1. The number of hydrogen-bond donors (Lipinski definition) is 2. The Kier molecular flexibility index (Phi) is 4.96. The van der Waals surface area contributed by atoms with Crippen molar-refractivity contribution in [2.45, 2.75) is 32.2 Å². The molecule has 0 unspecified atom stereocenters. The fraction of sp³-hybridized carbons (Fsp3) is 0.471. The second-order valence-corrected chi connectivity index (χ2v) is 5.82. The van der Waals surface area contributed by atoms with Gasteiger partial charge in [-0.05, 0) is 50.9 Å². The maximum Gasteiger partial charge on any atom is 0.213 e. The fourth-order valence-corrected chi connectivity index (χ4v) is 2.92. The van der Waals surface area contributed by atoms with E-state index in [0.717, 1.165) is 36.9 Å². The minimum Gasteiger partial charge on any atom is -0.478 e. The molecular formula is C17H24N4O. The van der Waals surface area contributed by atoms with Crippen molar-refractivity contribution in [3.8, 4) is 5.88 Å². The molecule has 0 aromatic carbocycles. The molecule has 0 saturated carbocycles. The Morgan fingerprint density at radius 3 is 3.05 bits per heavy atom. The summed E-state index contributed by atoms with van der Waals surface area (Å²) in [6, 6.07) is 4.68. The standard InChI is InChI=1S/C17H24N4O/c1-14-5-3-10-21(14)11-4-12-22-17-8-7-15(13-18-17)16-6-2-9-19-20-16/h2,6-9,13-14,19-20H,3-5,10-12H2,1H3/t14-/m1/s1. The van der Waals surface area contributed by atoms with Gasteiger partial charge >= 0.3 is 0 Å². The Labute approximate surface area is 132 Å². The van der Waals surface area contributed by atoms with Crippen molar-refractivity contribution in [1.82, 2.24) is 20.7 Å². The highest BCUT2D eigenvalue weighted by atomic mass is 16.5. The molecule has 5 heteroatoms. The minimum atomic E-state index is 0.693. The molecule has 5 nitrogen and oxygen atoms in total. The van der Waals surface area contributed by atoms with Crippen molar-refractivity contribution in [3.63, 3.8) is 0 Å². The summed E-state index contributed by atoms with van der Waals surface area (Å²) in [6.45, 7) is 5.39. The van der Waals surface area contributed by atoms with E-state index in [0.29, 0.717) is 5.88 Å². The summed E-state index contributed by atoms with van der Waals surface area (Å²) in [5.74, 6) is 0.693. The maximum absolute atomic E-state index is 5.74. The van der Waals surface area contributed by atoms with Gasteiger partial charge in [0, 0.05) is 36.6 Å². The molecular weight excluding hydrogens is 276 g/mol. The van der Waals surface area contributed by atoms with Crippen LogP contribution in [0.25, 0.3) is 5.70 Å². The number of allylic oxidation sites excluding steroid dienone is 2. The molecule has 1 saturated heterocycles. The Morgan fingerprint density at radius 2 is 2.36 bits per heavy atom. The first-order chi connectivity index (χ1) is 10.8. The second-order valence-electron chi connectivity index (χ2n) is 5.82. The number of hydrogen-bond acceptors (Lipinski definition) is 5. The van der Waals surface area contributed by atoms with E-state index in [9.17, 15) is 0 Å². The zero-order chi connectivity index (χ0) is 15.2. The van der Waals surface area contributed by atoms with E-state index in [4.69, 9.17) is 4.74 Å². The van der Waals surface area contributed by atoms with Crippen LogP contribution in [0.4, 0.5) is 0 Å². The Bertz CT molecular complexity index is 538. The van der Waals surface area contributed by atoms with Crippen molar-refractivity contribution in [3.05, 3.63) is 42.2 Å². The Hall–Kier alpha value is -2.01. The highest BCUT2D eigenvalue weighted by Gasteiger charge is 2.19. The predicted molar refractivity (Wildman–Crippen MR) is 88.0 cm³/mol. The van der Waals surface area contributed by atoms with Crippen LogP contribution in [-0.2, 0) is 0 Å². The molecule has 118 valence electrons. The van der Waals surface area contributed by atoms with Crippen LogP contribution in [-0.4, -0.2) is 35.6 Å². The summed E-state index contributed by atoms with van der Waals surface area (Å²) in [6.07, 6.45) is 11.3. The maximum atomic E-state index is 5.74. The number of nitrogens with zero attached hydrogens (tertiary/aromatic N) is 2. The normalized spacial score (nSPS) is 21.1. The number of ether oxygens (including phenoxy) is 1. The number of nitrogens with one attached hydrogen (secondary N) is 2. The number of rotatable bonds is 6. The largest absolute Gasteiger partial charge is 0.478 e. The van der Waals surface area contributed by atoms with Crippen molar-refractivity contribution in [1.29, 1.82) is 0 Å². The van der Waals surface area contributed by atoms with Crippen molar-refractivity contribution < 1.29 is 4.74 Å². The molecule has 0 aliphatic carbocycles. The molecule has 22 heavy (non-hydrogen) atoms. The van der Waals surface area contributed by atoms with Crippen molar-refractivity contribution in [2.75, 3.05) is 19.7 Å². The van der Waals surface area contributed by atoms with E-state index in [-0.39, 0.29) is 0 Å². The lowest BCUT2D eigenvalue weighted by atomic mass is 10.2. The third kappa shape index (κ3) is 3.80. The van der Waals surface area contributed by atoms with Crippen LogP contribution in [0.5, 0.6) is 5.88 Å². The third-order valence-corrected chi connectivity index (χ3v) is 4.23. The molecule has 1 fully saturated rings. The van der Waals surface area contributed by atoms with E-state index >= 15 is 0 Å². The van der Waals surface area contributed by atoms with Crippen molar-refractivity contribution >= 4 is 5.70 Å². The van der Waals surface area contributed by atoms with Gasteiger partial charge < -0.3 is 20.5 Å². The monoisotopic (exact) mass is 300 g/mol. The average Bonchev–Trinajstić information content (AvgIpc) is 2.98. The summed E-state index contributed by atoms with van der Waals surface area (Å²) < 4.78 is 5.74. The van der Waals surface area contributed by atoms with Crippen LogP contribution in [0, 0.1) is 0 Å². The van der Waals surface area contributed by atoms with Crippen LogP contribution in [0.3, 0.4) is 0 Å². The van der Waals surface area contributed by atoms with E-state index < -0.39 is 0 Å². The number of aromatic nitrogens is 1. The number of hydrazine groups is 1. The van der Waals surface area contributed by atoms with Gasteiger partial charge in [0.2, 0.25) is 5.88 Å². The van der Waals surface area contributed by atoms with E-state index in [1.165, 1.54) is 19.4 Å². The molecule has 0 radical (unpaired) electrons. The smallest absolute Gasteiger partial charge is 0.213 e. The summed E-state index contributed by atoms with van der Waals surface area (Å²) in [7, 11) is 0. The Balaban J connectivity index is 1.43. The highest BCUT2D eigenvalue weighted by molar-refractivity contribution is 5.65. The average molecular weight is 300 g/mol. The summed E-state index contributed by atoms with van der Waals surface area (Å²) in [5, 5.41) is 0. The SMILES string of the molecule is C[C@@H]1CCCN1CCCOc1ccc(C2=CC=CNN2)cn1. The number of likely N-dealkylation sites (tertiary alicyclic amines) is 1. The summed E-state index contributed by atoms with van der Waals surface area (Å²) >= 11 is 0. The molecule has 0 spiro atoms. The van der Waals surface area contributed by atoms with E-state index in [1.54, 1.807) is 0 Å². The van der Waals surface area contributed by atoms with Gasteiger partial charge in [-0.15, -0.1) is 0 Å². The van der Waals surface area contributed by atoms with Gasteiger partial charge in [-0.2, -0.15) is 0 Å². The molecule has 3 rings (SSSR count). The van der Waals surface area contributed by atoms with Crippen LogP contribution in [0.15, 0.2) is 36.7 Å². The molecule has 2 aliphatic rings. The zero-order valence-corrected chi connectivity index (χ0v) is 13.1. The summed E-state index contributed by atoms with van der Waals surface area (Å²) in [5.41, 5.74) is 8.08. The van der Waals surface area contributed by atoms with E-state index in [2.05, 4.69) is 27.7 Å². The van der Waals surface area contributed by atoms with Crippen LogP contribution in [0.2, 0.25) is 0 Å². The van der Waals surface area contributed by atoms with Gasteiger partial charge in [0.1, 0.15) is 0 Å². The second kappa shape index (κ2) is 7.31.